The molecular weight excluding hydrogens is 542 g/mol. The molecule has 2 atom stereocenters. The van der Waals surface area contributed by atoms with Crippen molar-refractivity contribution >= 4 is 56.6 Å². The molecule has 0 aliphatic carbocycles. The number of β-lactam (4-membered cyclic amide) rings is 1. The van der Waals surface area contributed by atoms with Crippen molar-refractivity contribution < 1.29 is 24.0 Å². The Bertz CT molecular complexity index is 1430. The average molecular weight is 557 g/mol. The predicted octanol–water partition coefficient (Wildman–Crippen LogP) is 4.77. The van der Waals surface area contributed by atoms with Gasteiger partial charge in [-0.15, -0.1) is 0 Å². The Hall–Kier alpha value is -3.76. The number of halogens is 2. The normalized spacial score (nSPS) is 19.0. The van der Waals surface area contributed by atoms with Gasteiger partial charge in [-0.3, -0.25) is 29.4 Å². The fourth-order valence-electron chi connectivity index (χ4n) is 4.47. The summed E-state index contributed by atoms with van der Waals surface area (Å²) in [7, 11) is 1.48. The van der Waals surface area contributed by atoms with Gasteiger partial charge >= 0.3 is 0 Å². The van der Waals surface area contributed by atoms with Crippen molar-refractivity contribution in [3.63, 3.8) is 0 Å². The van der Waals surface area contributed by atoms with E-state index in [9.17, 15) is 24.5 Å². The van der Waals surface area contributed by atoms with Crippen LogP contribution in [0, 0.1) is 10.1 Å². The van der Waals surface area contributed by atoms with Gasteiger partial charge in [-0.1, -0.05) is 27.5 Å². The first-order valence-corrected chi connectivity index (χ1v) is 11.5. The SMILES string of the molecule is COc1ccc(Br)cc1[C@@H]1[C@@H](N2C(=O)c3ccc([N+](=O)[O-])cc3C2=O)C(=O)N1c1ccc(Cl)cc1. The molecule has 9 nitrogen and oxygen atoms in total. The van der Waals surface area contributed by atoms with Gasteiger partial charge in [0.05, 0.1) is 29.2 Å². The highest BCUT2D eigenvalue weighted by molar-refractivity contribution is 9.10. The molecule has 3 amide bonds. The molecule has 0 spiro atoms. The molecule has 0 aromatic heterocycles. The molecule has 0 saturated carbocycles. The molecule has 0 N–H and O–H groups in total. The Balaban J connectivity index is 1.62. The lowest BCUT2D eigenvalue weighted by Gasteiger charge is -2.50. The molecule has 3 aromatic rings. The summed E-state index contributed by atoms with van der Waals surface area (Å²) in [6, 6.07) is 13.3. The van der Waals surface area contributed by atoms with E-state index in [-0.39, 0.29) is 16.8 Å². The number of ether oxygens (including phenoxy) is 1. The van der Waals surface area contributed by atoms with E-state index < -0.39 is 34.7 Å². The molecule has 0 unspecified atom stereocenters. The van der Waals surface area contributed by atoms with E-state index in [1.807, 2.05) is 0 Å². The number of benzene rings is 3. The van der Waals surface area contributed by atoms with E-state index in [1.54, 1.807) is 42.5 Å². The van der Waals surface area contributed by atoms with E-state index >= 15 is 0 Å². The first-order chi connectivity index (χ1) is 16.7. The number of hydrogen-bond donors (Lipinski definition) is 0. The smallest absolute Gasteiger partial charge is 0.270 e. The minimum atomic E-state index is -1.18. The third-order valence-corrected chi connectivity index (χ3v) is 6.82. The zero-order valence-corrected chi connectivity index (χ0v) is 20.3. The van der Waals surface area contributed by atoms with Gasteiger partial charge in [0.15, 0.2) is 0 Å². The highest BCUT2D eigenvalue weighted by Crippen LogP contribution is 2.47. The van der Waals surface area contributed by atoms with Crippen LogP contribution in [0.15, 0.2) is 65.1 Å². The number of imide groups is 1. The molecule has 1 fully saturated rings. The van der Waals surface area contributed by atoms with Crippen molar-refractivity contribution in [2.24, 2.45) is 0 Å². The van der Waals surface area contributed by atoms with Crippen LogP contribution in [-0.4, -0.2) is 40.7 Å². The lowest BCUT2D eigenvalue weighted by molar-refractivity contribution is -0.384. The van der Waals surface area contributed by atoms with Gasteiger partial charge in [0.25, 0.3) is 23.4 Å². The van der Waals surface area contributed by atoms with Gasteiger partial charge in [-0.05, 0) is 48.5 Å². The second-order valence-corrected chi connectivity index (χ2v) is 9.28. The van der Waals surface area contributed by atoms with Crippen LogP contribution in [0.3, 0.4) is 0 Å². The Kier molecular flexibility index (Phi) is 5.57. The number of fused-ring (bicyclic) bond motifs is 1. The summed E-state index contributed by atoms with van der Waals surface area (Å²) in [4.78, 5) is 53.0. The van der Waals surface area contributed by atoms with Crippen LogP contribution in [0.25, 0.3) is 0 Å². The standard InChI is InChI=1S/C24H15BrClN3O6/c1-35-19-9-2-12(25)10-18(19)20-21(24(32)27(20)14-5-3-13(26)4-6-14)28-22(30)16-8-7-15(29(33)34)11-17(16)23(28)31/h2-11,20-21H,1H3/t20-,21-/m1/s1. The monoisotopic (exact) mass is 555 g/mol. The van der Waals surface area contributed by atoms with Crippen LogP contribution in [0.5, 0.6) is 5.75 Å². The van der Waals surface area contributed by atoms with Gasteiger partial charge in [0.2, 0.25) is 0 Å². The molecule has 3 aromatic carbocycles. The minimum Gasteiger partial charge on any atom is -0.496 e. The predicted molar refractivity (Wildman–Crippen MR) is 130 cm³/mol. The van der Waals surface area contributed by atoms with Crippen molar-refractivity contribution in [2.45, 2.75) is 12.1 Å². The molecule has 2 aliphatic heterocycles. The third kappa shape index (κ3) is 3.57. The number of nitro benzene ring substituents is 1. The minimum absolute atomic E-state index is 0.0123. The summed E-state index contributed by atoms with van der Waals surface area (Å²) in [5, 5.41) is 11.7. The van der Waals surface area contributed by atoms with Crippen LogP contribution in [0.2, 0.25) is 5.02 Å². The number of nitrogens with zero attached hydrogens (tertiary/aromatic N) is 3. The second kappa shape index (κ2) is 8.47. The Morgan fingerprint density at radius 3 is 2.26 bits per heavy atom. The molecular formula is C24H15BrClN3O6. The summed E-state index contributed by atoms with van der Waals surface area (Å²) in [6.07, 6.45) is 0. The summed E-state index contributed by atoms with van der Waals surface area (Å²) in [5.41, 5.74) is 0.679. The van der Waals surface area contributed by atoms with E-state index in [0.29, 0.717) is 26.5 Å². The number of non-ortho nitro benzene ring substituents is 1. The summed E-state index contributed by atoms with van der Waals surface area (Å²) < 4.78 is 6.23. The van der Waals surface area contributed by atoms with Crippen LogP contribution in [0.4, 0.5) is 11.4 Å². The quantitative estimate of drug-likeness (QED) is 0.194. The molecule has 0 radical (unpaired) electrons. The van der Waals surface area contributed by atoms with E-state index in [2.05, 4.69) is 15.9 Å². The highest BCUT2D eigenvalue weighted by Gasteiger charge is 2.58. The van der Waals surface area contributed by atoms with Crippen LogP contribution < -0.4 is 9.64 Å². The van der Waals surface area contributed by atoms with Crippen LogP contribution >= 0.6 is 27.5 Å². The van der Waals surface area contributed by atoms with Crippen molar-refractivity contribution in [1.82, 2.24) is 4.90 Å². The lowest BCUT2D eigenvalue weighted by atomic mass is 9.85. The van der Waals surface area contributed by atoms with Gasteiger partial charge in [-0.2, -0.15) is 0 Å². The van der Waals surface area contributed by atoms with E-state index in [0.717, 1.165) is 17.0 Å². The average Bonchev–Trinajstić information content (AvgIpc) is 3.08. The summed E-state index contributed by atoms with van der Waals surface area (Å²) in [5.74, 6) is -1.47. The number of nitro groups is 1. The Morgan fingerprint density at radius 2 is 1.60 bits per heavy atom. The fourth-order valence-corrected chi connectivity index (χ4v) is 4.98. The van der Waals surface area contributed by atoms with Crippen LogP contribution in [-0.2, 0) is 4.79 Å². The zero-order chi connectivity index (χ0) is 25.0. The fraction of sp³-hybridized carbons (Fsp3) is 0.125. The maximum absolute atomic E-state index is 13.5. The summed E-state index contributed by atoms with van der Waals surface area (Å²) in [6.45, 7) is 0. The molecule has 5 rings (SSSR count). The summed E-state index contributed by atoms with van der Waals surface area (Å²) >= 11 is 9.45. The van der Waals surface area contributed by atoms with Gasteiger partial charge in [0, 0.05) is 32.9 Å². The van der Waals surface area contributed by atoms with Crippen molar-refractivity contribution in [3.05, 3.63) is 97.0 Å². The molecule has 176 valence electrons. The number of hydrogen-bond acceptors (Lipinski definition) is 6. The van der Waals surface area contributed by atoms with Crippen molar-refractivity contribution in [2.75, 3.05) is 12.0 Å². The highest BCUT2D eigenvalue weighted by atomic mass is 79.9. The van der Waals surface area contributed by atoms with Crippen molar-refractivity contribution in [3.8, 4) is 5.75 Å². The zero-order valence-electron chi connectivity index (χ0n) is 18.0. The first-order valence-electron chi connectivity index (χ1n) is 10.3. The lowest BCUT2D eigenvalue weighted by Crippen LogP contribution is -2.67. The molecule has 35 heavy (non-hydrogen) atoms. The Morgan fingerprint density at radius 1 is 0.914 bits per heavy atom. The van der Waals surface area contributed by atoms with E-state index in [1.165, 1.54) is 18.1 Å². The maximum Gasteiger partial charge on any atom is 0.270 e. The number of methoxy groups -OCH3 is 1. The van der Waals surface area contributed by atoms with Gasteiger partial charge in [0.1, 0.15) is 11.8 Å². The molecule has 0 bridgehead atoms. The molecule has 1 saturated heterocycles. The molecule has 2 aliphatic rings. The number of rotatable bonds is 5. The van der Waals surface area contributed by atoms with Gasteiger partial charge < -0.3 is 9.64 Å². The molecule has 11 heteroatoms. The van der Waals surface area contributed by atoms with E-state index in [4.69, 9.17) is 16.3 Å². The third-order valence-electron chi connectivity index (χ3n) is 6.07. The molecule has 2 heterocycles. The second-order valence-electron chi connectivity index (χ2n) is 7.93. The Labute approximate surface area is 212 Å². The number of carbonyl (C=O) groups is 3. The number of amides is 3. The topological polar surface area (TPSA) is 110 Å². The largest absolute Gasteiger partial charge is 0.496 e. The van der Waals surface area contributed by atoms with Gasteiger partial charge in [-0.25, -0.2) is 0 Å². The van der Waals surface area contributed by atoms with Crippen molar-refractivity contribution in [1.29, 1.82) is 0 Å². The number of anilines is 1. The van der Waals surface area contributed by atoms with Crippen LogP contribution in [0.1, 0.15) is 32.3 Å². The maximum atomic E-state index is 13.5. The number of carbonyl (C=O) groups excluding carboxylic acids is 3. The first kappa shape index (κ1) is 23.0.